The molecule has 0 aliphatic carbocycles. The lowest BCUT2D eigenvalue weighted by molar-refractivity contribution is 0.669. The molecule has 1 atom stereocenters. The first-order valence-corrected chi connectivity index (χ1v) is 20.0. The lowest BCUT2D eigenvalue weighted by atomic mass is 9.98. The number of furan rings is 1. The maximum absolute atomic E-state index is 6.53. The first-order chi connectivity index (χ1) is 28.2. The van der Waals surface area contributed by atoms with Gasteiger partial charge in [0.25, 0.3) is 0 Å². The molecule has 0 amide bonds. The van der Waals surface area contributed by atoms with Crippen LogP contribution in [0.5, 0.6) is 0 Å². The number of para-hydroxylation sites is 2. The van der Waals surface area contributed by atoms with Crippen LogP contribution in [-0.4, -0.2) is 16.2 Å². The number of nitrogens with one attached hydrogen (secondary N) is 1. The Morgan fingerprint density at radius 3 is 2.04 bits per heavy atom. The Kier molecular flexibility index (Phi) is 7.09. The smallest absolute Gasteiger partial charge is 0.159 e. The van der Waals surface area contributed by atoms with Gasteiger partial charge in [0, 0.05) is 58.5 Å². The molecule has 1 aliphatic rings. The first-order valence-electron chi connectivity index (χ1n) is 19.2. The van der Waals surface area contributed by atoms with Crippen molar-refractivity contribution < 1.29 is 4.42 Å². The van der Waals surface area contributed by atoms with Crippen LogP contribution in [0.25, 0.3) is 80.7 Å². The van der Waals surface area contributed by atoms with Crippen LogP contribution in [0.2, 0.25) is 0 Å². The summed E-state index contributed by atoms with van der Waals surface area (Å²) in [6, 6.07) is 64.3. The van der Waals surface area contributed by atoms with Gasteiger partial charge in [0.15, 0.2) is 5.84 Å². The van der Waals surface area contributed by atoms with Crippen LogP contribution in [-0.2, 0) is 0 Å². The fourth-order valence-electron chi connectivity index (χ4n) is 8.66. The van der Waals surface area contributed by atoms with E-state index in [-0.39, 0.29) is 6.17 Å². The number of hydrogen-bond donors (Lipinski definition) is 1. The molecule has 0 saturated heterocycles. The Morgan fingerprint density at radius 1 is 0.526 bits per heavy atom. The molecule has 11 aromatic rings. The fourth-order valence-corrected chi connectivity index (χ4v) is 9.91. The van der Waals surface area contributed by atoms with Crippen LogP contribution >= 0.6 is 11.3 Å². The Hall–Kier alpha value is -7.28. The molecule has 268 valence electrons. The lowest BCUT2D eigenvalue weighted by Crippen LogP contribution is -2.33. The van der Waals surface area contributed by atoms with Crippen LogP contribution in [0.4, 0.5) is 0 Å². The highest BCUT2D eigenvalue weighted by atomic mass is 32.1. The number of fused-ring (bicyclic) bond motifs is 9. The summed E-state index contributed by atoms with van der Waals surface area (Å²) in [6.07, 6.45) is -0.258. The van der Waals surface area contributed by atoms with Gasteiger partial charge < -0.3 is 14.3 Å². The summed E-state index contributed by atoms with van der Waals surface area (Å²) in [4.78, 5) is 10.2. The summed E-state index contributed by atoms with van der Waals surface area (Å²) in [5, 5.41) is 10.8. The van der Waals surface area contributed by atoms with Crippen LogP contribution in [0, 0.1) is 0 Å². The molecule has 3 aromatic heterocycles. The van der Waals surface area contributed by atoms with Gasteiger partial charge in [0.2, 0.25) is 0 Å². The molecule has 0 bridgehead atoms. The molecular weight excluding hydrogens is 717 g/mol. The minimum absolute atomic E-state index is 0.258. The van der Waals surface area contributed by atoms with Crippen molar-refractivity contribution in [3.8, 4) is 16.8 Å². The van der Waals surface area contributed by atoms with Crippen molar-refractivity contribution in [2.24, 2.45) is 9.98 Å². The molecule has 1 aliphatic heterocycles. The molecular formula is C51H32N4OS. The van der Waals surface area contributed by atoms with E-state index in [9.17, 15) is 0 Å². The summed E-state index contributed by atoms with van der Waals surface area (Å²) < 4.78 is 11.3. The van der Waals surface area contributed by atoms with Gasteiger partial charge in [-0.25, -0.2) is 9.98 Å². The molecule has 1 unspecified atom stereocenters. The van der Waals surface area contributed by atoms with Crippen molar-refractivity contribution >= 4 is 86.9 Å². The van der Waals surface area contributed by atoms with Crippen LogP contribution in [0.15, 0.2) is 196 Å². The van der Waals surface area contributed by atoms with Crippen molar-refractivity contribution in [3.05, 3.63) is 199 Å². The van der Waals surface area contributed by atoms with E-state index in [1.807, 2.05) is 35.6 Å². The Morgan fingerprint density at radius 2 is 1.23 bits per heavy atom. The predicted octanol–water partition coefficient (Wildman–Crippen LogP) is 13.2. The number of aliphatic imine (C=N–C) groups is 2. The van der Waals surface area contributed by atoms with Crippen molar-refractivity contribution in [3.63, 3.8) is 0 Å². The van der Waals surface area contributed by atoms with E-state index in [1.54, 1.807) is 0 Å². The second-order valence-electron chi connectivity index (χ2n) is 14.6. The first kappa shape index (κ1) is 32.0. The van der Waals surface area contributed by atoms with Gasteiger partial charge >= 0.3 is 0 Å². The second kappa shape index (κ2) is 12.6. The minimum Gasteiger partial charge on any atom is -0.456 e. The molecule has 0 fully saturated rings. The number of benzene rings is 8. The molecule has 4 heterocycles. The van der Waals surface area contributed by atoms with Gasteiger partial charge in [-0.3, -0.25) is 0 Å². The zero-order chi connectivity index (χ0) is 37.5. The monoisotopic (exact) mass is 748 g/mol. The number of thiophene rings is 1. The van der Waals surface area contributed by atoms with Gasteiger partial charge in [-0.05, 0) is 65.2 Å². The van der Waals surface area contributed by atoms with Crippen molar-refractivity contribution in [2.45, 2.75) is 6.17 Å². The maximum atomic E-state index is 6.53. The second-order valence-corrected chi connectivity index (χ2v) is 15.6. The number of amidine groups is 2. The van der Waals surface area contributed by atoms with Crippen LogP contribution in [0.3, 0.4) is 0 Å². The van der Waals surface area contributed by atoms with E-state index < -0.39 is 0 Å². The van der Waals surface area contributed by atoms with E-state index in [1.165, 1.54) is 42.0 Å². The third-order valence-corrected chi connectivity index (χ3v) is 12.5. The van der Waals surface area contributed by atoms with Crippen molar-refractivity contribution in [1.29, 1.82) is 0 Å². The molecule has 5 nitrogen and oxygen atoms in total. The zero-order valence-corrected chi connectivity index (χ0v) is 31.4. The summed E-state index contributed by atoms with van der Waals surface area (Å²) in [7, 11) is 0. The van der Waals surface area contributed by atoms with Gasteiger partial charge in [-0.2, -0.15) is 0 Å². The average molecular weight is 749 g/mol. The highest BCUT2D eigenvalue weighted by Crippen LogP contribution is 2.43. The van der Waals surface area contributed by atoms with Crippen LogP contribution in [0.1, 0.15) is 22.9 Å². The van der Waals surface area contributed by atoms with E-state index in [0.29, 0.717) is 0 Å². The lowest BCUT2D eigenvalue weighted by Gasteiger charge is -2.24. The molecule has 57 heavy (non-hydrogen) atoms. The Balaban J connectivity index is 0.997. The SMILES string of the molecule is c1ccc(C2=NC(c3ccccc3)NC(c3cccc4c3sc3cc(-c5cccc6oc7ccc(-n8c9ccccc9c9ccccc98)cc7c56)ccc34)=N2)cc1. The maximum Gasteiger partial charge on any atom is 0.159 e. The molecule has 8 aromatic carbocycles. The van der Waals surface area contributed by atoms with E-state index in [0.717, 1.165) is 67.1 Å². The van der Waals surface area contributed by atoms with Crippen molar-refractivity contribution in [2.75, 3.05) is 0 Å². The number of rotatable bonds is 5. The average Bonchev–Trinajstić information content (AvgIpc) is 3.96. The summed E-state index contributed by atoms with van der Waals surface area (Å²) in [5.41, 5.74) is 10.7. The summed E-state index contributed by atoms with van der Waals surface area (Å²) in [6.45, 7) is 0. The quantitative estimate of drug-likeness (QED) is 0.191. The topological polar surface area (TPSA) is 54.8 Å². The van der Waals surface area contributed by atoms with E-state index >= 15 is 0 Å². The number of hydrogen-bond acceptors (Lipinski definition) is 5. The van der Waals surface area contributed by atoms with Crippen molar-refractivity contribution in [1.82, 2.24) is 9.88 Å². The highest BCUT2D eigenvalue weighted by Gasteiger charge is 2.24. The standard InChI is InChI=1S/C51H32N4OS/c1-3-13-31(14-4-1)49-52-50(32-15-5-2-6-16-32)54-51(53-49)40-21-11-20-39-38-27-25-33(29-46(38)57-48(39)40)35-19-12-24-45-47(35)41-30-34(26-28-44(41)56-45)55-42-22-9-7-17-36(42)37-18-8-10-23-43(37)55/h1-30,49H,(H,52,53,54). The Bertz CT molecular complexity index is 3390. The van der Waals surface area contributed by atoms with Crippen LogP contribution < -0.4 is 5.32 Å². The molecule has 0 radical (unpaired) electrons. The minimum atomic E-state index is -0.258. The Labute approximate surface area is 331 Å². The predicted molar refractivity (Wildman–Crippen MR) is 238 cm³/mol. The summed E-state index contributed by atoms with van der Waals surface area (Å²) >= 11 is 1.81. The molecule has 0 saturated carbocycles. The normalized spacial score (nSPS) is 14.5. The summed E-state index contributed by atoms with van der Waals surface area (Å²) in [5.74, 6) is 1.55. The number of aromatic nitrogens is 1. The third-order valence-electron chi connectivity index (χ3n) is 11.3. The number of nitrogens with zero attached hydrogens (tertiary/aromatic N) is 3. The van der Waals surface area contributed by atoms with Gasteiger partial charge in [-0.15, -0.1) is 11.3 Å². The van der Waals surface area contributed by atoms with E-state index in [4.69, 9.17) is 14.4 Å². The van der Waals surface area contributed by atoms with Gasteiger partial charge in [-0.1, -0.05) is 133 Å². The van der Waals surface area contributed by atoms with Gasteiger partial charge in [0.1, 0.15) is 23.2 Å². The zero-order valence-electron chi connectivity index (χ0n) is 30.6. The van der Waals surface area contributed by atoms with Gasteiger partial charge in [0.05, 0.1) is 11.0 Å². The molecule has 1 N–H and O–H groups in total. The largest absolute Gasteiger partial charge is 0.456 e. The molecule has 12 rings (SSSR count). The third kappa shape index (κ3) is 5.08. The molecule has 6 heteroatoms. The fraction of sp³-hybridized carbons (Fsp3) is 0.0196. The highest BCUT2D eigenvalue weighted by molar-refractivity contribution is 7.26. The van der Waals surface area contributed by atoms with E-state index in [2.05, 4.69) is 168 Å². The molecule has 0 spiro atoms.